The van der Waals surface area contributed by atoms with Gasteiger partial charge in [-0.15, -0.1) is 11.8 Å². The van der Waals surface area contributed by atoms with Gasteiger partial charge in [0.15, 0.2) is 11.9 Å². The second-order valence-electron chi connectivity index (χ2n) is 4.88. The summed E-state index contributed by atoms with van der Waals surface area (Å²) in [7, 11) is 1.91. The van der Waals surface area contributed by atoms with Gasteiger partial charge in [0.2, 0.25) is 0 Å². The summed E-state index contributed by atoms with van der Waals surface area (Å²) in [5, 5.41) is 7.13. The minimum Gasteiger partial charge on any atom is -0.481 e. The minimum absolute atomic E-state index is 0.267. The van der Waals surface area contributed by atoms with Crippen LogP contribution < -0.4 is 10.1 Å². The molecular formula is C15H21N3O2S. The first-order valence-corrected chi connectivity index (χ1v) is 8.15. The Hall–Kier alpha value is -1.53. The summed E-state index contributed by atoms with van der Waals surface area (Å²) in [4.78, 5) is 5.59. The molecule has 0 aliphatic carbocycles. The number of aromatic nitrogens is 2. The molecule has 1 heterocycles. The zero-order chi connectivity index (χ0) is 15.2. The average Bonchev–Trinajstić information content (AvgIpc) is 2.96. The van der Waals surface area contributed by atoms with E-state index in [1.54, 1.807) is 11.8 Å². The van der Waals surface area contributed by atoms with Gasteiger partial charge in [-0.3, -0.25) is 0 Å². The van der Waals surface area contributed by atoms with Crippen molar-refractivity contribution in [2.24, 2.45) is 0 Å². The third-order valence-corrected chi connectivity index (χ3v) is 3.93. The molecular weight excluding hydrogens is 286 g/mol. The monoisotopic (exact) mass is 307 g/mol. The molecule has 2 rings (SSSR count). The summed E-state index contributed by atoms with van der Waals surface area (Å²) in [5.74, 6) is 1.99. The van der Waals surface area contributed by atoms with Crippen LogP contribution in [0.25, 0.3) is 0 Å². The molecule has 5 nitrogen and oxygen atoms in total. The summed E-state index contributed by atoms with van der Waals surface area (Å²) in [6, 6.07) is 8.26. The molecule has 21 heavy (non-hydrogen) atoms. The van der Waals surface area contributed by atoms with Crippen LogP contribution in [-0.4, -0.2) is 29.5 Å². The van der Waals surface area contributed by atoms with Crippen molar-refractivity contribution in [3.63, 3.8) is 0 Å². The number of likely N-dealkylation sites (N-methyl/N-ethyl adjacent to an activating group) is 1. The van der Waals surface area contributed by atoms with Crippen LogP contribution in [0.5, 0.6) is 5.75 Å². The van der Waals surface area contributed by atoms with E-state index in [1.807, 2.05) is 44.5 Å². The lowest BCUT2D eigenvalue weighted by Gasteiger charge is -2.10. The van der Waals surface area contributed by atoms with E-state index in [4.69, 9.17) is 9.26 Å². The van der Waals surface area contributed by atoms with Crippen molar-refractivity contribution in [2.45, 2.75) is 37.3 Å². The molecule has 0 radical (unpaired) electrons. The van der Waals surface area contributed by atoms with E-state index < -0.39 is 0 Å². The first-order chi connectivity index (χ1) is 10.1. The van der Waals surface area contributed by atoms with Crippen LogP contribution in [0.3, 0.4) is 0 Å². The largest absolute Gasteiger partial charge is 0.481 e. The van der Waals surface area contributed by atoms with Crippen LogP contribution in [0.2, 0.25) is 0 Å². The van der Waals surface area contributed by atoms with Gasteiger partial charge in [-0.25, -0.2) is 0 Å². The van der Waals surface area contributed by atoms with Gasteiger partial charge in [-0.05, 0) is 51.4 Å². The van der Waals surface area contributed by atoms with Crippen molar-refractivity contribution in [2.75, 3.05) is 13.3 Å². The predicted octanol–water partition coefficient (Wildman–Crippen LogP) is 3.08. The SMILES string of the molecule is CNC(C)Cc1noc(C(C)Oc2ccc(SC)cc2)n1. The maximum atomic E-state index is 5.82. The molecule has 1 aromatic heterocycles. The van der Waals surface area contributed by atoms with Crippen LogP contribution in [0.4, 0.5) is 0 Å². The highest BCUT2D eigenvalue weighted by atomic mass is 32.2. The van der Waals surface area contributed by atoms with Gasteiger partial charge in [0.05, 0.1) is 0 Å². The normalized spacial score (nSPS) is 13.9. The molecule has 0 aliphatic heterocycles. The predicted molar refractivity (Wildman–Crippen MR) is 83.8 cm³/mol. The quantitative estimate of drug-likeness (QED) is 0.793. The number of hydrogen-bond donors (Lipinski definition) is 1. The first kappa shape index (κ1) is 15.9. The highest BCUT2D eigenvalue weighted by Gasteiger charge is 2.17. The van der Waals surface area contributed by atoms with Crippen molar-refractivity contribution in [3.05, 3.63) is 36.0 Å². The smallest absolute Gasteiger partial charge is 0.267 e. The van der Waals surface area contributed by atoms with Gasteiger partial charge in [-0.1, -0.05) is 5.16 Å². The molecule has 0 saturated carbocycles. The molecule has 0 saturated heterocycles. The number of ether oxygens (including phenoxy) is 1. The summed E-state index contributed by atoms with van der Waals surface area (Å²) >= 11 is 1.70. The fraction of sp³-hybridized carbons (Fsp3) is 0.467. The van der Waals surface area contributed by atoms with Crippen LogP contribution in [0.1, 0.15) is 31.7 Å². The number of nitrogens with zero attached hydrogens (tertiary/aromatic N) is 2. The van der Waals surface area contributed by atoms with Crippen LogP contribution in [0, 0.1) is 0 Å². The van der Waals surface area contributed by atoms with Crippen LogP contribution in [-0.2, 0) is 6.42 Å². The Balaban J connectivity index is 1.97. The van der Waals surface area contributed by atoms with Gasteiger partial charge in [0.25, 0.3) is 5.89 Å². The number of benzene rings is 1. The summed E-state index contributed by atoms with van der Waals surface area (Å²) < 4.78 is 11.1. The highest BCUT2D eigenvalue weighted by Crippen LogP contribution is 2.23. The Bertz CT molecular complexity index is 556. The lowest BCUT2D eigenvalue weighted by Crippen LogP contribution is -2.24. The molecule has 2 aromatic rings. The fourth-order valence-corrected chi connectivity index (χ4v) is 2.21. The van der Waals surface area contributed by atoms with E-state index in [-0.39, 0.29) is 6.10 Å². The lowest BCUT2D eigenvalue weighted by molar-refractivity contribution is 0.175. The first-order valence-electron chi connectivity index (χ1n) is 6.92. The van der Waals surface area contributed by atoms with E-state index in [1.165, 1.54) is 4.90 Å². The lowest BCUT2D eigenvalue weighted by atomic mass is 10.2. The molecule has 0 bridgehead atoms. The number of nitrogens with one attached hydrogen (secondary N) is 1. The zero-order valence-electron chi connectivity index (χ0n) is 12.8. The van der Waals surface area contributed by atoms with Gasteiger partial charge < -0.3 is 14.6 Å². The number of thioether (sulfide) groups is 1. The molecule has 2 atom stereocenters. The van der Waals surface area contributed by atoms with Crippen LogP contribution in [0.15, 0.2) is 33.7 Å². The highest BCUT2D eigenvalue weighted by molar-refractivity contribution is 7.98. The third-order valence-electron chi connectivity index (χ3n) is 3.19. The maximum absolute atomic E-state index is 5.82. The van der Waals surface area contributed by atoms with Gasteiger partial charge in [-0.2, -0.15) is 4.98 Å². The molecule has 114 valence electrons. The van der Waals surface area contributed by atoms with E-state index in [9.17, 15) is 0 Å². The summed E-state index contributed by atoms with van der Waals surface area (Å²) in [6.07, 6.45) is 2.51. The van der Waals surface area contributed by atoms with E-state index in [2.05, 4.69) is 22.4 Å². The number of hydrogen-bond acceptors (Lipinski definition) is 6. The van der Waals surface area contributed by atoms with E-state index >= 15 is 0 Å². The van der Waals surface area contributed by atoms with Crippen molar-refractivity contribution < 1.29 is 9.26 Å². The molecule has 0 aliphatic rings. The molecule has 2 unspecified atom stereocenters. The Morgan fingerprint density at radius 1 is 1.29 bits per heavy atom. The van der Waals surface area contributed by atoms with E-state index in [0.717, 1.165) is 12.2 Å². The maximum Gasteiger partial charge on any atom is 0.267 e. The average molecular weight is 307 g/mol. The molecule has 0 amide bonds. The molecule has 6 heteroatoms. The van der Waals surface area contributed by atoms with Crippen molar-refractivity contribution in [1.29, 1.82) is 0 Å². The Kier molecular flexibility index (Phi) is 5.64. The third kappa shape index (κ3) is 4.47. The Labute approximate surface area is 129 Å². The standard InChI is InChI=1S/C15H21N3O2S/c1-10(16-3)9-14-17-15(20-18-14)11(2)19-12-5-7-13(21-4)8-6-12/h5-8,10-11,16H,9H2,1-4H3. The second-order valence-corrected chi connectivity index (χ2v) is 5.76. The molecule has 0 spiro atoms. The van der Waals surface area contributed by atoms with Gasteiger partial charge in [0, 0.05) is 17.4 Å². The molecule has 0 fully saturated rings. The molecule has 1 aromatic carbocycles. The number of rotatable bonds is 7. The van der Waals surface area contributed by atoms with Crippen molar-refractivity contribution in [3.8, 4) is 5.75 Å². The van der Waals surface area contributed by atoms with Crippen molar-refractivity contribution >= 4 is 11.8 Å². The van der Waals surface area contributed by atoms with E-state index in [0.29, 0.717) is 17.8 Å². The van der Waals surface area contributed by atoms with Crippen LogP contribution >= 0.6 is 11.8 Å². The molecule has 1 N–H and O–H groups in total. The second kappa shape index (κ2) is 7.47. The van der Waals surface area contributed by atoms with Crippen molar-refractivity contribution in [1.82, 2.24) is 15.5 Å². The summed E-state index contributed by atoms with van der Waals surface area (Å²) in [6.45, 7) is 3.98. The van der Waals surface area contributed by atoms with Gasteiger partial charge >= 0.3 is 0 Å². The van der Waals surface area contributed by atoms with Gasteiger partial charge in [0.1, 0.15) is 5.75 Å². The topological polar surface area (TPSA) is 60.2 Å². The zero-order valence-corrected chi connectivity index (χ0v) is 13.6. The fourth-order valence-electron chi connectivity index (χ4n) is 1.80. The minimum atomic E-state index is -0.267. The summed E-state index contributed by atoms with van der Waals surface area (Å²) in [5.41, 5.74) is 0. The Morgan fingerprint density at radius 3 is 2.62 bits per heavy atom. The Morgan fingerprint density at radius 2 is 2.00 bits per heavy atom.